The Hall–Kier alpha value is -3.34. The number of ether oxygens (including phenoxy) is 2. The summed E-state index contributed by atoms with van der Waals surface area (Å²) in [5, 5.41) is 0.845. The molecular weight excluding hydrogens is 380 g/mol. The minimum Gasteiger partial charge on any atom is -0.489 e. The van der Waals surface area contributed by atoms with Crippen molar-refractivity contribution in [1.82, 2.24) is 0 Å². The highest BCUT2D eigenvalue weighted by atomic mass is 16.5. The molecule has 0 fully saturated rings. The molecule has 0 radical (unpaired) electrons. The van der Waals surface area contributed by atoms with Crippen molar-refractivity contribution in [2.75, 3.05) is 13.2 Å². The largest absolute Gasteiger partial charge is 0.489 e. The van der Waals surface area contributed by atoms with Gasteiger partial charge < -0.3 is 13.9 Å². The molecule has 2 aromatic carbocycles. The van der Waals surface area contributed by atoms with Crippen LogP contribution in [0.2, 0.25) is 0 Å². The van der Waals surface area contributed by atoms with E-state index in [9.17, 15) is 9.59 Å². The summed E-state index contributed by atoms with van der Waals surface area (Å²) in [5.41, 5.74) is 3.31. The van der Waals surface area contributed by atoms with Gasteiger partial charge in [0, 0.05) is 22.9 Å². The third-order valence-corrected chi connectivity index (χ3v) is 4.98. The molecule has 0 saturated carbocycles. The lowest BCUT2D eigenvalue weighted by atomic mass is 10.0. The lowest BCUT2D eigenvalue weighted by Crippen LogP contribution is -2.14. The zero-order chi connectivity index (χ0) is 21.5. The van der Waals surface area contributed by atoms with E-state index in [1.807, 2.05) is 68.5 Å². The van der Waals surface area contributed by atoms with Crippen LogP contribution >= 0.6 is 0 Å². The molecule has 0 spiro atoms. The van der Waals surface area contributed by atoms with Crippen molar-refractivity contribution >= 4 is 23.0 Å². The molecule has 0 amide bonds. The van der Waals surface area contributed by atoms with Crippen molar-refractivity contribution < 1.29 is 18.7 Å². The van der Waals surface area contributed by atoms with Crippen LogP contribution in [-0.2, 0) is 16.0 Å². The van der Waals surface area contributed by atoms with E-state index in [4.69, 9.17) is 13.9 Å². The molecule has 30 heavy (non-hydrogen) atoms. The van der Waals surface area contributed by atoms with Crippen LogP contribution in [0.4, 0.5) is 0 Å². The second-order valence-corrected chi connectivity index (χ2v) is 6.99. The van der Waals surface area contributed by atoms with Crippen LogP contribution in [0.15, 0.2) is 57.8 Å². The fraction of sp³-hybridized carbons (Fsp3) is 0.280. The summed E-state index contributed by atoms with van der Waals surface area (Å²) in [4.78, 5) is 24.2. The average Bonchev–Trinajstić information content (AvgIpc) is 2.74. The minimum absolute atomic E-state index is 0.152. The van der Waals surface area contributed by atoms with Crippen LogP contribution < -0.4 is 10.4 Å². The standard InChI is InChI=1S/C25H26O5/c1-4-28-23(26)15-13-21-17(2)20-12-14-22(18(3)24(20)30-25(21)27)29-16-8-11-19-9-6-5-7-10-19/h5-12,14H,4,13,15-16H2,1-3H3. The number of rotatable bonds is 8. The summed E-state index contributed by atoms with van der Waals surface area (Å²) >= 11 is 0. The number of benzene rings is 2. The van der Waals surface area contributed by atoms with Crippen LogP contribution in [0.5, 0.6) is 5.75 Å². The second kappa shape index (κ2) is 9.92. The van der Waals surface area contributed by atoms with Gasteiger partial charge in [-0.25, -0.2) is 4.79 Å². The highest BCUT2D eigenvalue weighted by Crippen LogP contribution is 2.29. The number of aryl methyl sites for hydroxylation is 2. The molecule has 1 heterocycles. The molecule has 0 N–H and O–H groups in total. The molecule has 5 nitrogen and oxygen atoms in total. The van der Waals surface area contributed by atoms with Crippen molar-refractivity contribution in [2.45, 2.75) is 33.6 Å². The first kappa shape index (κ1) is 21.4. The van der Waals surface area contributed by atoms with Gasteiger partial charge in [-0.1, -0.05) is 36.4 Å². The van der Waals surface area contributed by atoms with E-state index >= 15 is 0 Å². The Morgan fingerprint density at radius 3 is 2.57 bits per heavy atom. The van der Waals surface area contributed by atoms with E-state index < -0.39 is 5.63 Å². The molecule has 3 aromatic rings. The molecule has 0 aliphatic rings. The number of esters is 1. The van der Waals surface area contributed by atoms with Crippen LogP contribution in [0.3, 0.4) is 0 Å². The maximum Gasteiger partial charge on any atom is 0.339 e. The molecule has 0 bridgehead atoms. The average molecular weight is 406 g/mol. The first-order valence-corrected chi connectivity index (χ1v) is 10.1. The van der Waals surface area contributed by atoms with Crippen molar-refractivity contribution in [3.63, 3.8) is 0 Å². The number of hydrogen-bond acceptors (Lipinski definition) is 5. The van der Waals surface area contributed by atoms with Crippen LogP contribution in [0.25, 0.3) is 17.0 Å². The third-order valence-electron chi connectivity index (χ3n) is 4.98. The molecule has 0 aliphatic heterocycles. The Morgan fingerprint density at radius 2 is 1.83 bits per heavy atom. The van der Waals surface area contributed by atoms with Gasteiger partial charge in [0.2, 0.25) is 0 Å². The van der Waals surface area contributed by atoms with Crippen LogP contribution in [0, 0.1) is 13.8 Å². The Kier molecular flexibility index (Phi) is 7.07. The number of carbonyl (C=O) groups is 1. The molecule has 0 unspecified atom stereocenters. The van der Waals surface area contributed by atoms with Gasteiger partial charge in [-0.15, -0.1) is 0 Å². The molecular formula is C25H26O5. The van der Waals surface area contributed by atoms with Crippen LogP contribution in [-0.4, -0.2) is 19.2 Å². The van der Waals surface area contributed by atoms with Gasteiger partial charge in [0.05, 0.1) is 6.61 Å². The van der Waals surface area contributed by atoms with Crippen molar-refractivity contribution in [1.29, 1.82) is 0 Å². The first-order chi connectivity index (χ1) is 14.5. The Labute approximate surface area is 175 Å². The number of carbonyl (C=O) groups excluding carboxylic acids is 1. The normalized spacial score (nSPS) is 11.2. The van der Waals surface area contributed by atoms with E-state index in [1.54, 1.807) is 6.92 Å². The Balaban J connectivity index is 1.78. The lowest BCUT2D eigenvalue weighted by Gasteiger charge is -2.12. The topological polar surface area (TPSA) is 65.7 Å². The predicted octanol–water partition coefficient (Wildman–Crippen LogP) is 5.00. The summed E-state index contributed by atoms with van der Waals surface area (Å²) in [6.45, 7) is 6.24. The number of fused-ring (bicyclic) bond motifs is 1. The van der Waals surface area contributed by atoms with Crippen molar-refractivity contribution in [2.24, 2.45) is 0 Å². The summed E-state index contributed by atoms with van der Waals surface area (Å²) in [7, 11) is 0. The van der Waals surface area contributed by atoms with Gasteiger partial charge in [-0.05, 0) is 56.5 Å². The maximum absolute atomic E-state index is 12.5. The molecule has 3 rings (SSSR count). The van der Waals surface area contributed by atoms with Gasteiger partial charge >= 0.3 is 11.6 Å². The fourth-order valence-electron chi connectivity index (χ4n) is 3.36. The third kappa shape index (κ3) is 4.98. The predicted molar refractivity (Wildman–Crippen MR) is 118 cm³/mol. The molecule has 1 aromatic heterocycles. The number of hydrogen-bond donors (Lipinski definition) is 0. The molecule has 0 saturated heterocycles. The quantitative estimate of drug-likeness (QED) is 0.389. The van der Waals surface area contributed by atoms with Crippen molar-refractivity contribution in [3.8, 4) is 5.75 Å². The summed E-state index contributed by atoms with van der Waals surface area (Å²) < 4.78 is 16.4. The zero-order valence-electron chi connectivity index (χ0n) is 17.6. The SMILES string of the molecule is CCOC(=O)CCc1c(C)c2ccc(OCC=Cc3ccccc3)c(C)c2oc1=O. The molecule has 0 atom stereocenters. The monoisotopic (exact) mass is 406 g/mol. The van der Waals surface area contributed by atoms with E-state index in [0.29, 0.717) is 36.5 Å². The maximum atomic E-state index is 12.5. The zero-order valence-corrected chi connectivity index (χ0v) is 17.6. The van der Waals surface area contributed by atoms with E-state index in [0.717, 1.165) is 22.1 Å². The highest BCUT2D eigenvalue weighted by Gasteiger charge is 2.16. The van der Waals surface area contributed by atoms with Gasteiger partial charge in [0.1, 0.15) is 17.9 Å². The van der Waals surface area contributed by atoms with Gasteiger partial charge in [-0.2, -0.15) is 0 Å². The van der Waals surface area contributed by atoms with Gasteiger partial charge in [-0.3, -0.25) is 4.79 Å². The van der Waals surface area contributed by atoms with E-state index in [-0.39, 0.29) is 12.4 Å². The highest BCUT2D eigenvalue weighted by molar-refractivity contribution is 5.85. The summed E-state index contributed by atoms with van der Waals surface area (Å²) in [6.07, 6.45) is 4.39. The van der Waals surface area contributed by atoms with Crippen LogP contribution in [0.1, 0.15) is 35.6 Å². The van der Waals surface area contributed by atoms with Gasteiger partial charge in [0.15, 0.2) is 0 Å². The van der Waals surface area contributed by atoms with Crippen molar-refractivity contribution in [3.05, 3.63) is 81.2 Å². The second-order valence-electron chi connectivity index (χ2n) is 6.99. The van der Waals surface area contributed by atoms with Gasteiger partial charge in [0.25, 0.3) is 0 Å². The summed E-state index contributed by atoms with van der Waals surface area (Å²) in [6, 6.07) is 13.8. The first-order valence-electron chi connectivity index (χ1n) is 10.1. The Morgan fingerprint density at radius 1 is 1.07 bits per heavy atom. The van der Waals surface area contributed by atoms with E-state index in [2.05, 4.69) is 0 Å². The minimum atomic E-state index is -0.423. The summed E-state index contributed by atoms with van der Waals surface area (Å²) in [5.74, 6) is 0.349. The smallest absolute Gasteiger partial charge is 0.339 e. The molecule has 5 heteroatoms. The molecule has 156 valence electrons. The Bertz CT molecular complexity index is 1110. The fourth-order valence-corrected chi connectivity index (χ4v) is 3.36. The molecule has 0 aliphatic carbocycles. The van der Waals surface area contributed by atoms with E-state index in [1.165, 1.54) is 0 Å². The lowest BCUT2D eigenvalue weighted by molar-refractivity contribution is -0.143.